The Bertz CT molecular complexity index is 382. The highest BCUT2D eigenvalue weighted by Crippen LogP contribution is 2.30. The zero-order valence-electron chi connectivity index (χ0n) is 12.6. The monoisotopic (exact) mass is 320 g/mol. The number of amides is 3. The first kappa shape index (κ1) is 17.1. The van der Waals surface area contributed by atoms with Crippen molar-refractivity contribution < 1.29 is 22.8 Å². The van der Waals surface area contributed by atoms with Crippen LogP contribution in [-0.2, 0) is 4.79 Å². The summed E-state index contributed by atoms with van der Waals surface area (Å²) in [6, 6.07) is -0.961. The van der Waals surface area contributed by atoms with Gasteiger partial charge >= 0.3 is 18.1 Å². The lowest BCUT2D eigenvalue weighted by Gasteiger charge is -2.41. The van der Waals surface area contributed by atoms with Gasteiger partial charge in [-0.2, -0.15) is 13.2 Å². The number of hydrogen-bond acceptors (Lipinski definition) is 2. The minimum absolute atomic E-state index is 0.0436. The van der Waals surface area contributed by atoms with Crippen LogP contribution in [0.1, 0.15) is 64.2 Å². The third kappa shape index (κ3) is 4.36. The summed E-state index contributed by atoms with van der Waals surface area (Å²) in [4.78, 5) is 24.9. The Balaban J connectivity index is 2.08. The molecule has 0 radical (unpaired) electrons. The summed E-state index contributed by atoms with van der Waals surface area (Å²) in [6.07, 6.45) is 4.32. The zero-order valence-corrected chi connectivity index (χ0v) is 12.6. The molecule has 0 unspecified atom stereocenters. The number of nitrogens with one attached hydrogen (secondary N) is 1. The molecule has 0 aliphatic heterocycles. The normalized spacial score (nSPS) is 21.4. The Kier molecular flexibility index (Phi) is 5.69. The summed E-state index contributed by atoms with van der Waals surface area (Å²) in [5, 5.41) is 1.54. The Morgan fingerprint density at radius 2 is 1.23 bits per heavy atom. The van der Waals surface area contributed by atoms with Gasteiger partial charge in [-0.1, -0.05) is 38.5 Å². The van der Waals surface area contributed by atoms with Crippen molar-refractivity contribution in [1.29, 1.82) is 0 Å². The van der Waals surface area contributed by atoms with E-state index < -0.39 is 18.1 Å². The van der Waals surface area contributed by atoms with Gasteiger partial charge in [-0.25, -0.2) is 4.79 Å². The Hall–Kier alpha value is -1.27. The van der Waals surface area contributed by atoms with Crippen molar-refractivity contribution >= 4 is 11.9 Å². The fourth-order valence-corrected chi connectivity index (χ4v) is 3.58. The molecule has 0 aromatic rings. The molecule has 0 atom stereocenters. The third-order valence-corrected chi connectivity index (χ3v) is 4.65. The van der Waals surface area contributed by atoms with Crippen molar-refractivity contribution in [3.8, 4) is 0 Å². The first-order valence-electron chi connectivity index (χ1n) is 8.10. The molecule has 7 heteroatoms. The zero-order chi connectivity index (χ0) is 16.2. The van der Waals surface area contributed by atoms with Crippen molar-refractivity contribution in [1.82, 2.24) is 10.2 Å². The Morgan fingerprint density at radius 3 is 1.59 bits per heavy atom. The van der Waals surface area contributed by atoms with E-state index in [1.165, 1.54) is 5.32 Å². The minimum Gasteiger partial charge on any atom is -0.319 e. The molecule has 1 N–H and O–H groups in total. The second-order valence-corrected chi connectivity index (χ2v) is 6.25. The van der Waals surface area contributed by atoms with Crippen molar-refractivity contribution in [2.75, 3.05) is 0 Å². The van der Waals surface area contributed by atoms with Gasteiger partial charge in [0.05, 0.1) is 0 Å². The van der Waals surface area contributed by atoms with E-state index in [1.54, 1.807) is 4.90 Å². The fraction of sp³-hybridized carbons (Fsp3) is 0.867. The molecule has 0 bridgehead atoms. The van der Waals surface area contributed by atoms with Crippen LogP contribution in [0.15, 0.2) is 0 Å². The first-order chi connectivity index (χ1) is 10.4. The highest BCUT2D eigenvalue weighted by atomic mass is 19.4. The van der Waals surface area contributed by atoms with E-state index in [9.17, 15) is 22.8 Å². The predicted octanol–water partition coefficient (Wildman–Crippen LogP) is 3.75. The van der Waals surface area contributed by atoms with Gasteiger partial charge in [0, 0.05) is 12.1 Å². The van der Waals surface area contributed by atoms with Gasteiger partial charge in [0.2, 0.25) is 0 Å². The number of hydrogen-bond donors (Lipinski definition) is 1. The molecule has 126 valence electrons. The number of carbonyl (C=O) groups excluding carboxylic acids is 2. The lowest BCUT2D eigenvalue weighted by molar-refractivity contribution is -0.172. The maximum atomic E-state index is 12.4. The maximum absolute atomic E-state index is 12.4. The highest BCUT2D eigenvalue weighted by Gasteiger charge is 2.42. The second kappa shape index (κ2) is 7.33. The van der Waals surface area contributed by atoms with Crippen LogP contribution in [0.4, 0.5) is 18.0 Å². The molecule has 2 aliphatic carbocycles. The molecule has 4 nitrogen and oxygen atoms in total. The fourth-order valence-electron chi connectivity index (χ4n) is 3.58. The summed E-state index contributed by atoms with van der Waals surface area (Å²) < 4.78 is 37.1. The van der Waals surface area contributed by atoms with Crippen molar-refractivity contribution in [2.45, 2.75) is 82.5 Å². The van der Waals surface area contributed by atoms with Gasteiger partial charge in [-0.3, -0.25) is 10.1 Å². The Morgan fingerprint density at radius 1 is 0.818 bits per heavy atom. The van der Waals surface area contributed by atoms with Crippen LogP contribution >= 0.6 is 0 Å². The Labute approximate surface area is 128 Å². The third-order valence-electron chi connectivity index (χ3n) is 4.65. The lowest BCUT2D eigenvalue weighted by Crippen LogP contribution is -2.55. The van der Waals surface area contributed by atoms with E-state index in [2.05, 4.69) is 0 Å². The van der Waals surface area contributed by atoms with Crippen molar-refractivity contribution in [3.05, 3.63) is 0 Å². The molecule has 0 spiro atoms. The lowest BCUT2D eigenvalue weighted by atomic mass is 9.89. The van der Waals surface area contributed by atoms with Crippen LogP contribution in [-0.4, -0.2) is 35.1 Å². The van der Waals surface area contributed by atoms with Crippen LogP contribution in [0.2, 0.25) is 0 Å². The van der Waals surface area contributed by atoms with Crippen LogP contribution in [0.5, 0.6) is 0 Å². The van der Waals surface area contributed by atoms with E-state index in [0.29, 0.717) is 0 Å². The number of nitrogens with zero attached hydrogens (tertiary/aromatic N) is 1. The standard InChI is InChI=1S/C15H23F3N2O2/c16-15(17,18)13(21)19-14(22)20(11-7-3-1-4-8-11)12-9-5-2-6-10-12/h11-12H,1-10H2,(H,19,21,22). The number of urea groups is 1. The number of rotatable bonds is 2. The van der Waals surface area contributed by atoms with Crippen LogP contribution in [0.3, 0.4) is 0 Å². The van der Waals surface area contributed by atoms with Crippen LogP contribution in [0.25, 0.3) is 0 Å². The smallest absolute Gasteiger partial charge is 0.319 e. The van der Waals surface area contributed by atoms with Gasteiger partial charge in [-0.05, 0) is 25.7 Å². The first-order valence-corrected chi connectivity index (χ1v) is 8.10. The van der Waals surface area contributed by atoms with Crippen molar-refractivity contribution in [2.24, 2.45) is 0 Å². The van der Waals surface area contributed by atoms with Crippen molar-refractivity contribution in [3.63, 3.8) is 0 Å². The quantitative estimate of drug-likeness (QED) is 0.842. The van der Waals surface area contributed by atoms with E-state index >= 15 is 0 Å². The van der Waals surface area contributed by atoms with Gasteiger partial charge in [0.1, 0.15) is 0 Å². The van der Waals surface area contributed by atoms with Gasteiger partial charge in [0.15, 0.2) is 0 Å². The largest absolute Gasteiger partial charge is 0.471 e. The maximum Gasteiger partial charge on any atom is 0.471 e. The topological polar surface area (TPSA) is 49.4 Å². The van der Waals surface area contributed by atoms with Crippen LogP contribution in [0, 0.1) is 0 Å². The number of imide groups is 1. The molecular weight excluding hydrogens is 297 g/mol. The summed E-state index contributed by atoms with van der Waals surface area (Å²) in [7, 11) is 0. The SMILES string of the molecule is O=C(NC(=O)C(F)(F)F)N(C1CCCCC1)C1CCCCC1. The van der Waals surface area contributed by atoms with Gasteiger partial charge < -0.3 is 4.90 Å². The van der Waals surface area contributed by atoms with Gasteiger partial charge in [-0.15, -0.1) is 0 Å². The molecule has 0 aromatic carbocycles. The minimum atomic E-state index is -5.03. The molecule has 2 fully saturated rings. The molecule has 0 heterocycles. The van der Waals surface area contributed by atoms with Crippen LogP contribution < -0.4 is 5.32 Å². The average Bonchev–Trinajstić information content (AvgIpc) is 2.48. The van der Waals surface area contributed by atoms with E-state index in [1.807, 2.05) is 0 Å². The molecule has 3 amide bonds. The molecule has 2 rings (SSSR count). The summed E-state index contributed by atoms with van der Waals surface area (Å²) in [6.45, 7) is 0. The number of carbonyl (C=O) groups is 2. The van der Waals surface area contributed by atoms with E-state index in [-0.39, 0.29) is 12.1 Å². The number of halogens is 3. The second-order valence-electron chi connectivity index (χ2n) is 6.25. The molecule has 2 aliphatic rings. The molecular formula is C15H23F3N2O2. The number of alkyl halides is 3. The summed E-state index contributed by atoms with van der Waals surface area (Å²) >= 11 is 0. The molecule has 22 heavy (non-hydrogen) atoms. The predicted molar refractivity (Wildman–Crippen MR) is 75.2 cm³/mol. The molecule has 2 saturated carbocycles. The molecule has 0 aromatic heterocycles. The van der Waals surface area contributed by atoms with E-state index in [4.69, 9.17) is 0 Å². The average molecular weight is 320 g/mol. The van der Waals surface area contributed by atoms with Gasteiger partial charge in [0.25, 0.3) is 0 Å². The highest BCUT2D eigenvalue weighted by molar-refractivity contribution is 5.97. The summed E-state index contributed by atoms with van der Waals surface area (Å²) in [5.41, 5.74) is 0. The molecule has 0 saturated heterocycles. The summed E-state index contributed by atoms with van der Waals surface area (Å²) in [5.74, 6) is -2.17. The van der Waals surface area contributed by atoms with E-state index in [0.717, 1.165) is 64.2 Å².